The quantitative estimate of drug-likeness (QED) is 0.424. The van der Waals surface area contributed by atoms with E-state index in [1.165, 1.54) is 13.3 Å². The second-order valence-electron chi connectivity index (χ2n) is 3.39. The van der Waals surface area contributed by atoms with E-state index >= 15 is 0 Å². The van der Waals surface area contributed by atoms with Gasteiger partial charge < -0.3 is 14.8 Å². The van der Waals surface area contributed by atoms with Crippen LogP contribution in [0.15, 0.2) is 23.3 Å². The summed E-state index contributed by atoms with van der Waals surface area (Å²) < 4.78 is 10.3. The average Bonchev–Trinajstić information content (AvgIpc) is 2.85. The summed E-state index contributed by atoms with van der Waals surface area (Å²) in [7, 11) is 1.36. The number of amides is 2. The van der Waals surface area contributed by atoms with E-state index in [1.807, 2.05) is 0 Å². The molecular weight excluding hydrogens is 238 g/mol. The lowest BCUT2D eigenvalue weighted by Gasteiger charge is -1.98. The van der Waals surface area contributed by atoms with Crippen LogP contribution in [-0.2, 0) is 9.59 Å². The third-order valence-electron chi connectivity index (χ3n) is 2.21. The van der Waals surface area contributed by atoms with Crippen LogP contribution in [-0.4, -0.2) is 31.9 Å². The van der Waals surface area contributed by atoms with Crippen molar-refractivity contribution in [1.82, 2.24) is 10.7 Å². The van der Waals surface area contributed by atoms with Gasteiger partial charge in [-0.25, -0.2) is 5.43 Å². The Balaban J connectivity index is 1.97. The first-order chi connectivity index (χ1) is 8.70. The maximum atomic E-state index is 11.1. The summed E-state index contributed by atoms with van der Waals surface area (Å²) in [6.07, 6.45) is 1.41. The Bertz CT molecular complexity index is 513. The normalized spacial score (nSPS) is 12.5. The predicted molar refractivity (Wildman–Crippen MR) is 62.4 cm³/mol. The van der Waals surface area contributed by atoms with E-state index < -0.39 is 11.8 Å². The molecule has 1 aliphatic rings. The molecule has 0 radical (unpaired) electrons. The second kappa shape index (κ2) is 5.17. The van der Waals surface area contributed by atoms with Crippen molar-refractivity contribution in [2.24, 2.45) is 5.10 Å². The van der Waals surface area contributed by atoms with Crippen LogP contribution in [0.1, 0.15) is 5.56 Å². The molecule has 0 aliphatic carbocycles. The van der Waals surface area contributed by atoms with Crippen molar-refractivity contribution in [2.45, 2.75) is 0 Å². The molecule has 0 spiro atoms. The van der Waals surface area contributed by atoms with E-state index in [0.29, 0.717) is 11.5 Å². The van der Waals surface area contributed by atoms with Gasteiger partial charge in [-0.3, -0.25) is 9.59 Å². The first-order valence-electron chi connectivity index (χ1n) is 5.15. The minimum atomic E-state index is -0.825. The maximum Gasteiger partial charge on any atom is 0.329 e. The molecule has 0 fully saturated rings. The molecule has 1 aliphatic heterocycles. The Hall–Kier alpha value is -2.57. The summed E-state index contributed by atoms with van der Waals surface area (Å²) in [6.45, 7) is 0.198. The van der Waals surface area contributed by atoms with E-state index in [-0.39, 0.29) is 6.79 Å². The van der Waals surface area contributed by atoms with Gasteiger partial charge in [-0.1, -0.05) is 0 Å². The number of hydrazone groups is 1. The van der Waals surface area contributed by atoms with Crippen molar-refractivity contribution in [3.05, 3.63) is 23.8 Å². The topological polar surface area (TPSA) is 89.0 Å². The van der Waals surface area contributed by atoms with Crippen molar-refractivity contribution in [3.8, 4) is 11.5 Å². The number of hydrogen-bond donors (Lipinski definition) is 2. The average molecular weight is 249 g/mol. The molecule has 94 valence electrons. The van der Waals surface area contributed by atoms with Crippen molar-refractivity contribution in [1.29, 1.82) is 0 Å². The van der Waals surface area contributed by atoms with E-state index in [1.54, 1.807) is 18.2 Å². The fourth-order valence-electron chi connectivity index (χ4n) is 1.32. The van der Waals surface area contributed by atoms with Crippen LogP contribution in [0.3, 0.4) is 0 Å². The zero-order valence-corrected chi connectivity index (χ0v) is 9.60. The highest BCUT2D eigenvalue weighted by atomic mass is 16.7. The number of likely N-dealkylation sites (N-methyl/N-ethyl adjacent to an activating group) is 1. The highest BCUT2D eigenvalue weighted by Gasteiger charge is 2.12. The minimum Gasteiger partial charge on any atom is -0.454 e. The highest BCUT2D eigenvalue weighted by Crippen LogP contribution is 2.31. The molecule has 0 aromatic heterocycles. The first-order valence-corrected chi connectivity index (χ1v) is 5.15. The first kappa shape index (κ1) is 11.9. The number of fused-ring (bicyclic) bond motifs is 1. The molecule has 1 aromatic carbocycles. The number of ether oxygens (including phenoxy) is 2. The van der Waals surface area contributed by atoms with Crippen molar-refractivity contribution >= 4 is 18.0 Å². The van der Waals surface area contributed by atoms with Gasteiger partial charge >= 0.3 is 11.8 Å². The fraction of sp³-hybridized carbons (Fsp3) is 0.182. The van der Waals surface area contributed by atoms with E-state index in [4.69, 9.17) is 9.47 Å². The Labute approximate surface area is 103 Å². The van der Waals surface area contributed by atoms with Gasteiger partial charge in [-0.15, -0.1) is 0 Å². The molecule has 2 N–H and O–H groups in total. The Morgan fingerprint density at radius 2 is 2.06 bits per heavy atom. The Kier molecular flexibility index (Phi) is 3.42. The molecular formula is C11H11N3O4. The molecule has 0 bridgehead atoms. The smallest absolute Gasteiger partial charge is 0.329 e. The van der Waals surface area contributed by atoms with Crippen LogP contribution in [0.25, 0.3) is 0 Å². The predicted octanol–water partition coefficient (Wildman–Crippen LogP) is -0.389. The van der Waals surface area contributed by atoms with Gasteiger partial charge in [0.2, 0.25) is 6.79 Å². The lowest BCUT2D eigenvalue weighted by atomic mass is 10.2. The van der Waals surface area contributed by atoms with Crippen molar-refractivity contribution in [3.63, 3.8) is 0 Å². The molecule has 7 heteroatoms. The number of nitrogens with zero attached hydrogens (tertiary/aromatic N) is 1. The minimum absolute atomic E-state index is 0.198. The van der Waals surface area contributed by atoms with Crippen LogP contribution in [0.2, 0.25) is 0 Å². The zero-order chi connectivity index (χ0) is 13.0. The monoisotopic (exact) mass is 249 g/mol. The third-order valence-corrected chi connectivity index (χ3v) is 2.21. The molecule has 0 saturated heterocycles. The molecule has 2 amide bonds. The number of benzene rings is 1. The number of rotatable bonds is 2. The number of carbonyl (C=O) groups is 2. The van der Waals surface area contributed by atoms with E-state index in [2.05, 4.69) is 15.8 Å². The summed E-state index contributed by atoms with van der Waals surface area (Å²) in [5.74, 6) is -0.287. The van der Waals surface area contributed by atoms with Gasteiger partial charge in [0, 0.05) is 7.05 Å². The number of nitrogens with one attached hydrogen (secondary N) is 2. The fourth-order valence-corrected chi connectivity index (χ4v) is 1.32. The lowest BCUT2D eigenvalue weighted by Crippen LogP contribution is -2.35. The lowest BCUT2D eigenvalue weighted by molar-refractivity contribution is -0.138. The summed E-state index contributed by atoms with van der Waals surface area (Å²) in [5, 5.41) is 5.84. The van der Waals surface area contributed by atoms with Gasteiger partial charge in [0.05, 0.1) is 6.21 Å². The third kappa shape index (κ3) is 2.57. The summed E-state index contributed by atoms with van der Waals surface area (Å²) >= 11 is 0. The van der Waals surface area contributed by atoms with Crippen molar-refractivity contribution < 1.29 is 19.1 Å². The Morgan fingerprint density at radius 1 is 1.28 bits per heavy atom. The molecule has 18 heavy (non-hydrogen) atoms. The molecule has 1 heterocycles. The van der Waals surface area contributed by atoms with Gasteiger partial charge in [-0.05, 0) is 23.8 Å². The van der Waals surface area contributed by atoms with Crippen LogP contribution in [0.4, 0.5) is 0 Å². The molecule has 0 unspecified atom stereocenters. The van der Waals surface area contributed by atoms with Gasteiger partial charge in [0.15, 0.2) is 11.5 Å². The standard InChI is InChI=1S/C11H11N3O4/c1-12-10(15)11(16)14-13-5-7-2-3-8-9(4-7)18-6-17-8/h2-5H,6H2,1H3,(H,12,15)(H,14,16). The largest absolute Gasteiger partial charge is 0.454 e. The summed E-state index contributed by atoms with van der Waals surface area (Å²) in [4.78, 5) is 21.9. The van der Waals surface area contributed by atoms with Crippen LogP contribution < -0.4 is 20.2 Å². The van der Waals surface area contributed by atoms with E-state index in [9.17, 15) is 9.59 Å². The van der Waals surface area contributed by atoms with Gasteiger partial charge in [-0.2, -0.15) is 5.10 Å². The number of carbonyl (C=O) groups excluding carboxylic acids is 2. The Morgan fingerprint density at radius 3 is 2.83 bits per heavy atom. The van der Waals surface area contributed by atoms with Gasteiger partial charge in [0.25, 0.3) is 0 Å². The number of hydrogen-bond acceptors (Lipinski definition) is 5. The highest BCUT2D eigenvalue weighted by molar-refractivity contribution is 6.34. The maximum absolute atomic E-state index is 11.1. The van der Waals surface area contributed by atoms with Gasteiger partial charge in [0.1, 0.15) is 0 Å². The zero-order valence-electron chi connectivity index (χ0n) is 9.60. The molecule has 7 nitrogen and oxygen atoms in total. The van der Waals surface area contributed by atoms with Crippen LogP contribution in [0.5, 0.6) is 11.5 Å². The van der Waals surface area contributed by atoms with E-state index in [0.717, 1.165) is 5.56 Å². The SMILES string of the molecule is CNC(=O)C(=O)NN=Cc1ccc2c(c1)OCO2. The summed E-state index contributed by atoms with van der Waals surface area (Å²) in [6, 6.07) is 5.21. The molecule has 0 atom stereocenters. The van der Waals surface area contributed by atoms with Crippen molar-refractivity contribution in [2.75, 3.05) is 13.8 Å². The molecule has 0 saturated carbocycles. The molecule has 1 aromatic rings. The molecule has 2 rings (SSSR count). The summed E-state index contributed by atoms with van der Waals surface area (Å²) in [5.41, 5.74) is 2.81. The van der Waals surface area contributed by atoms with Crippen LogP contribution in [0, 0.1) is 0 Å². The van der Waals surface area contributed by atoms with Crippen LogP contribution >= 0.6 is 0 Å². The second-order valence-corrected chi connectivity index (χ2v) is 3.39.